The Hall–Kier alpha value is -3.02. The van der Waals surface area contributed by atoms with Crippen LogP contribution in [0.3, 0.4) is 0 Å². The molecular weight excluding hydrogens is 519 g/mol. The van der Waals surface area contributed by atoms with Crippen molar-refractivity contribution in [2.45, 2.75) is 65.1 Å². The van der Waals surface area contributed by atoms with Gasteiger partial charge in [-0.05, 0) is 69.5 Å². The summed E-state index contributed by atoms with van der Waals surface area (Å²) in [5.74, 6) is 0.406. The van der Waals surface area contributed by atoms with Crippen LogP contribution >= 0.6 is 23.2 Å². The average molecular weight is 556 g/mol. The van der Waals surface area contributed by atoms with Crippen molar-refractivity contribution in [2.75, 3.05) is 6.61 Å². The zero-order chi connectivity index (χ0) is 27.7. The monoisotopic (exact) mass is 554 g/mol. The quantitative estimate of drug-likeness (QED) is 0.259. The molecule has 0 aromatic heterocycles. The van der Waals surface area contributed by atoms with Gasteiger partial charge in [0, 0.05) is 35.0 Å². The molecule has 3 aromatic carbocycles. The normalized spacial score (nSPS) is 12.1. The second-order valence-corrected chi connectivity index (χ2v) is 11.3. The summed E-state index contributed by atoms with van der Waals surface area (Å²) in [7, 11) is 0. The molecule has 38 heavy (non-hydrogen) atoms. The predicted molar refractivity (Wildman–Crippen MR) is 155 cm³/mol. The van der Waals surface area contributed by atoms with Crippen molar-refractivity contribution >= 4 is 35.0 Å². The highest BCUT2D eigenvalue weighted by Crippen LogP contribution is 2.25. The maximum atomic E-state index is 13.7. The molecule has 0 aliphatic carbocycles. The van der Waals surface area contributed by atoms with E-state index in [1.54, 1.807) is 23.1 Å². The summed E-state index contributed by atoms with van der Waals surface area (Å²) in [6.07, 6.45) is 1.11. The Morgan fingerprint density at radius 1 is 0.974 bits per heavy atom. The first-order valence-electron chi connectivity index (χ1n) is 12.8. The lowest BCUT2D eigenvalue weighted by Gasteiger charge is -2.34. The molecule has 7 heteroatoms. The lowest BCUT2D eigenvalue weighted by Crippen LogP contribution is -2.54. The van der Waals surface area contributed by atoms with Crippen LogP contribution in [0.5, 0.6) is 5.75 Å². The van der Waals surface area contributed by atoms with Gasteiger partial charge in [0.25, 0.3) is 0 Å². The van der Waals surface area contributed by atoms with Crippen LogP contribution in [0.4, 0.5) is 0 Å². The Morgan fingerprint density at radius 2 is 1.66 bits per heavy atom. The summed E-state index contributed by atoms with van der Waals surface area (Å²) in [6.45, 7) is 8.37. The number of aryl methyl sites for hydroxylation is 1. The Morgan fingerprint density at radius 3 is 2.29 bits per heavy atom. The highest BCUT2D eigenvalue weighted by atomic mass is 35.5. The highest BCUT2D eigenvalue weighted by molar-refractivity contribution is 6.35. The molecule has 5 nitrogen and oxygen atoms in total. The Kier molecular flexibility index (Phi) is 10.6. The zero-order valence-electron chi connectivity index (χ0n) is 22.5. The van der Waals surface area contributed by atoms with Gasteiger partial charge in [-0.15, -0.1) is 0 Å². The molecule has 0 heterocycles. The minimum absolute atomic E-state index is 0.145. The highest BCUT2D eigenvalue weighted by Gasteiger charge is 2.32. The average Bonchev–Trinajstić information content (AvgIpc) is 2.85. The van der Waals surface area contributed by atoms with Gasteiger partial charge in [0.1, 0.15) is 11.8 Å². The number of benzene rings is 3. The van der Waals surface area contributed by atoms with Gasteiger partial charge in [-0.1, -0.05) is 77.3 Å². The molecule has 3 rings (SSSR count). The van der Waals surface area contributed by atoms with Gasteiger partial charge in [0.2, 0.25) is 11.8 Å². The molecule has 3 aromatic rings. The largest absolute Gasteiger partial charge is 0.494 e. The Bertz CT molecular complexity index is 1210. The van der Waals surface area contributed by atoms with Crippen LogP contribution in [0.25, 0.3) is 0 Å². The van der Waals surface area contributed by atoms with Crippen LogP contribution < -0.4 is 10.1 Å². The molecule has 2 amide bonds. The van der Waals surface area contributed by atoms with Gasteiger partial charge < -0.3 is 15.0 Å². The standard InChI is InChI=1S/C31H36Cl2N2O3/c1-22-12-16-26(17-13-22)38-18-8-11-29(36)35(21-24-14-15-25(32)20-27(24)33)28(30(37)34-31(2,3)4)19-23-9-6-5-7-10-23/h5-7,9-10,12-17,20,28H,8,11,18-19,21H2,1-4H3,(H,34,37)/t28-/m1/s1. The summed E-state index contributed by atoms with van der Waals surface area (Å²) in [4.78, 5) is 28.9. The van der Waals surface area contributed by atoms with Crippen LogP contribution in [0.2, 0.25) is 10.0 Å². The molecule has 0 bridgehead atoms. The van der Waals surface area contributed by atoms with E-state index in [1.165, 1.54) is 0 Å². The van der Waals surface area contributed by atoms with E-state index in [2.05, 4.69) is 5.32 Å². The fraction of sp³-hybridized carbons (Fsp3) is 0.355. The lowest BCUT2D eigenvalue weighted by molar-refractivity contribution is -0.142. The number of nitrogens with one attached hydrogen (secondary N) is 1. The van der Waals surface area contributed by atoms with Gasteiger partial charge >= 0.3 is 0 Å². The first-order valence-corrected chi connectivity index (χ1v) is 13.6. The smallest absolute Gasteiger partial charge is 0.243 e. The van der Waals surface area contributed by atoms with E-state index in [-0.39, 0.29) is 24.8 Å². The second-order valence-electron chi connectivity index (χ2n) is 10.5. The van der Waals surface area contributed by atoms with Gasteiger partial charge in [-0.3, -0.25) is 9.59 Å². The number of hydrogen-bond donors (Lipinski definition) is 1. The van der Waals surface area contributed by atoms with Crippen LogP contribution in [0.1, 0.15) is 50.3 Å². The Labute approximate surface area is 236 Å². The van der Waals surface area contributed by atoms with E-state index in [4.69, 9.17) is 27.9 Å². The van der Waals surface area contributed by atoms with E-state index >= 15 is 0 Å². The van der Waals surface area contributed by atoms with Gasteiger partial charge in [0.15, 0.2) is 0 Å². The number of carbonyl (C=O) groups is 2. The summed E-state index contributed by atoms with van der Waals surface area (Å²) < 4.78 is 5.83. The van der Waals surface area contributed by atoms with Crippen molar-refractivity contribution in [1.82, 2.24) is 10.2 Å². The third-order valence-corrected chi connectivity index (χ3v) is 6.54. The number of nitrogens with zero attached hydrogens (tertiary/aromatic N) is 1. The number of rotatable bonds is 11. The van der Waals surface area contributed by atoms with Crippen LogP contribution in [-0.2, 0) is 22.6 Å². The van der Waals surface area contributed by atoms with Crippen molar-refractivity contribution in [3.05, 3.63) is 99.5 Å². The molecule has 0 aliphatic heterocycles. The van der Waals surface area contributed by atoms with E-state index in [1.807, 2.05) is 82.3 Å². The molecule has 0 saturated heterocycles. The summed E-state index contributed by atoms with van der Waals surface area (Å²) in [5, 5.41) is 4.03. The fourth-order valence-corrected chi connectivity index (χ4v) is 4.50. The molecular formula is C31H36Cl2N2O3. The summed E-state index contributed by atoms with van der Waals surface area (Å²) in [6, 6.07) is 22.0. The molecule has 1 N–H and O–H groups in total. The molecule has 0 unspecified atom stereocenters. The Balaban J connectivity index is 1.84. The van der Waals surface area contributed by atoms with E-state index in [0.29, 0.717) is 29.5 Å². The number of hydrogen-bond acceptors (Lipinski definition) is 3. The number of carbonyl (C=O) groups excluding carboxylic acids is 2. The first-order chi connectivity index (χ1) is 18.0. The minimum Gasteiger partial charge on any atom is -0.494 e. The van der Waals surface area contributed by atoms with E-state index in [9.17, 15) is 9.59 Å². The third kappa shape index (κ3) is 9.38. The van der Waals surface area contributed by atoms with Gasteiger partial charge in [0.05, 0.1) is 6.61 Å². The van der Waals surface area contributed by atoms with Crippen LogP contribution in [0, 0.1) is 6.92 Å². The first kappa shape index (κ1) is 29.5. The van der Waals surface area contributed by atoms with Gasteiger partial charge in [-0.25, -0.2) is 0 Å². The topological polar surface area (TPSA) is 58.6 Å². The molecule has 0 saturated carbocycles. The maximum Gasteiger partial charge on any atom is 0.243 e. The van der Waals surface area contributed by atoms with E-state index in [0.717, 1.165) is 22.4 Å². The molecule has 0 spiro atoms. The number of halogens is 2. The maximum absolute atomic E-state index is 13.7. The molecule has 0 radical (unpaired) electrons. The molecule has 202 valence electrons. The van der Waals surface area contributed by atoms with E-state index < -0.39 is 11.6 Å². The van der Waals surface area contributed by atoms with Crippen molar-refractivity contribution < 1.29 is 14.3 Å². The summed E-state index contributed by atoms with van der Waals surface area (Å²) >= 11 is 12.6. The molecule has 0 aliphatic rings. The lowest BCUT2D eigenvalue weighted by atomic mass is 10.00. The predicted octanol–water partition coefficient (Wildman–Crippen LogP) is 7.02. The molecule has 0 fully saturated rings. The van der Waals surface area contributed by atoms with Crippen molar-refractivity contribution in [3.63, 3.8) is 0 Å². The van der Waals surface area contributed by atoms with Gasteiger partial charge in [-0.2, -0.15) is 0 Å². The summed E-state index contributed by atoms with van der Waals surface area (Å²) in [5.41, 5.74) is 2.38. The second kappa shape index (κ2) is 13.7. The van der Waals surface area contributed by atoms with Crippen LogP contribution in [-0.4, -0.2) is 34.9 Å². The van der Waals surface area contributed by atoms with Crippen molar-refractivity contribution in [3.8, 4) is 5.75 Å². The van der Waals surface area contributed by atoms with Crippen LogP contribution in [0.15, 0.2) is 72.8 Å². The van der Waals surface area contributed by atoms with Crippen molar-refractivity contribution in [1.29, 1.82) is 0 Å². The third-order valence-electron chi connectivity index (χ3n) is 5.95. The zero-order valence-corrected chi connectivity index (χ0v) is 24.0. The number of amides is 2. The number of ether oxygens (including phenoxy) is 1. The molecule has 1 atom stereocenters. The minimum atomic E-state index is -0.728. The fourth-order valence-electron chi connectivity index (χ4n) is 4.03. The SMILES string of the molecule is Cc1ccc(OCCCC(=O)N(Cc2ccc(Cl)cc2Cl)[C@H](Cc2ccccc2)C(=O)NC(C)(C)C)cc1. The van der Waals surface area contributed by atoms with Crippen molar-refractivity contribution in [2.24, 2.45) is 0 Å².